The second-order valence-electron chi connectivity index (χ2n) is 8.30. The maximum atomic E-state index is 12.3. The van der Waals surface area contributed by atoms with Crippen molar-refractivity contribution in [3.8, 4) is 17.0 Å². The van der Waals surface area contributed by atoms with E-state index in [-0.39, 0.29) is 5.91 Å². The van der Waals surface area contributed by atoms with Gasteiger partial charge in [-0.2, -0.15) is 0 Å². The number of anilines is 1. The van der Waals surface area contributed by atoms with Gasteiger partial charge < -0.3 is 4.74 Å². The standard InChI is InChI=1S/C27H30N2O2S2/c1-31-23-12-10-22(11-13-23)25-19-33-27(28-25)29-26(30)16-9-21-7-14-24(15-8-21)32-18-17-20-5-3-2-4-6-20/h7-16,19-20H,2-6,17-18H2,1H3,(H,28,29,30)/b16-9+. The van der Waals surface area contributed by atoms with Crippen LogP contribution in [-0.2, 0) is 4.79 Å². The van der Waals surface area contributed by atoms with Crippen LogP contribution in [0.3, 0.4) is 0 Å². The Morgan fingerprint density at radius 3 is 2.61 bits per heavy atom. The highest BCUT2D eigenvalue weighted by molar-refractivity contribution is 7.99. The van der Waals surface area contributed by atoms with Crippen molar-refractivity contribution in [3.63, 3.8) is 0 Å². The van der Waals surface area contributed by atoms with E-state index in [0.717, 1.165) is 28.5 Å². The topological polar surface area (TPSA) is 51.2 Å². The summed E-state index contributed by atoms with van der Waals surface area (Å²) in [5.74, 6) is 2.74. The summed E-state index contributed by atoms with van der Waals surface area (Å²) in [5.41, 5.74) is 2.83. The molecule has 1 heterocycles. The number of hydrogen-bond donors (Lipinski definition) is 1. The molecule has 3 aromatic rings. The van der Waals surface area contributed by atoms with E-state index in [1.807, 2.05) is 47.5 Å². The summed E-state index contributed by atoms with van der Waals surface area (Å²) >= 11 is 3.35. The molecule has 2 aromatic carbocycles. The number of nitrogens with zero attached hydrogens (tertiary/aromatic N) is 1. The molecule has 0 spiro atoms. The number of aromatic nitrogens is 1. The van der Waals surface area contributed by atoms with Crippen LogP contribution in [0.5, 0.6) is 5.75 Å². The highest BCUT2D eigenvalue weighted by Crippen LogP contribution is 2.29. The number of benzene rings is 2. The van der Waals surface area contributed by atoms with Gasteiger partial charge in [0.2, 0.25) is 5.91 Å². The number of ether oxygens (including phenoxy) is 1. The number of rotatable bonds is 9. The smallest absolute Gasteiger partial charge is 0.250 e. The first-order chi connectivity index (χ1) is 16.2. The van der Waals surface area contributed by atoms with Crippen LogP contribution in [0, 0.1) is 5.92 Å². The third-order valence-electron chi connectivity index (χ3n) is 5.95. The predicted octanol–water partition coefficient (Wildman–Crippen LogP) is 7.53. The lowest BCUT2D eigenvalue weighted by molar-refractivity contribution is -0.111. The van der Waals surface area contributed by atoms with E-state index < -0.39 is 0 Å². The van der Waals surface area contributed by atoms with Crippen LogP contribution in [0.25, 0.3) is 17.3 Å². The molecule has 1 saturated carbocycles. The van der Waals surface area contributed by atoms with E-state index in [4.69, 9.17) is 4.74 Å². The molecular weight excluding hydrogens is 448 g/mol. The van der Waals surface area contributed by atoms with Crippen molar-refractivity contribution in [1.29, 1.82) is 0 Å². The maximum Gasteiger partial charge on any atom is 0.250 e. The Morgan fingerprint density at radius 2 is 1.88 bits per heavy atom. The molecule has 0 radical (unpaired) electrons. The molecule has 4 rings (SSSR count). The van der Waals surface area contributed by atoms with E-state index in [1.165, 1.54) is 60.5 Å². The summed E-state index contributed by atoms with van der Waals surface area (Å²) in [6.45, 7) is 0. The molecule has 1 aliphatic carbocycles. The molecule has 0 unspecified atom stereocenters. The largest absolute Gasteiger partial charge is 0.497 e. The van der Waals surface area contributed by atoms with Crippen LogP contribution in [0.4, 0.5) is 5.13 Å². The molecule has 1 N–H and O–H groups in total. The zero-order valence-corrected chi connectivity index (χ0v) is 20.6. The molecule has 6 heteroatoms. The molecule has 0 bridgehead atoms. The second kappa shape index (κ2) is 12.1. The van der Waals surface area contributed by atoms with Gasteiger partial charge in [0.1, 0.15) is 5.75 Å². The Balaban J connectivity index is 1.24. The lowest BCUT2D eigenvalue weighted by Gasteiger charge is -2.21. The summed E-state index contributed by atoms with van der Waals surface area (Å²) in [6, 6.07) is 16.1. The van der Waals surface area contributed by atoms with Gasteiger partial charge in [-0.1, -0.05) is 44.2 Å². The Hall–Kier alpha value is -2.57. The van der Waals surface area contributed by atoms with Crippen molar-refractivity contribution < 1.29 is 9.53 Å². The van der Waals surface area contributed by atoms with E-state index in [9.17, 15) is 4.79 Å². The summed E-state index contributed by atoms with van der Waals surface area (Å²) in [4.78, 5) is 18.1. The lowest BCUT2D eigenvalue weighted by atomic mass is 9.88. The van der Waals surface area contributed by atoms with Gasteiger partial charge in [-0.15, -0.1) is 23.1 Å². The van der Waals surface area contributed by atoms with Crippen molar-refractivity contribution in [1.82, 2.24) is 4.98 Å². The second-order valence-corrected chi connectivity index (χ2v) is 10.3. The highest BCUT2D eigenvalue weighted by atomic mass is 32.2. The van der Waals surface area contributed by atoms with Gasteiger partial charge in [0, 0.05) is 21.9 Å². The number of hydrogen-bond acceptors (Lipinski definition) is 5. The van der Waals surface area contributed by atoms with Gasteiger partial charge in [0.25, 0.3) is 0 Å². The van der Waals surface area contributed by atoms with E-state index in [1.54, 1.807) is 13.2 Å². The van der Waals surface area contributed by atoms with Gasteiger partial charge in [0.15, 0.2) is 5.13 Å². The molecule has 1 fully saturated rings. The minimum Gasteiger partial charge on any atom is -0.497 e. The van der Waals surface area contributed by atoms with Crippen LogP contribution in [-0.4, -0.2) is 23.8 Å². The van der Waals surface area contributed by atoms with Crippen LogP contribution < -0.4 is 10.1 Å². The first-order valence-electron chi connectivity index (χ1n) is 11.5. The van der Waals surface area contributed by atoms with Crippen LogP contribution in [0.1, 0.15) is 44.1 Å². The fourth-order valence-corrected chi connectivity index (χ4v) is 5.78. The van der Waals surface area contributed by atoms with Gasteiger partial charge in [-0.25, -0.2) is 4.98 Å². The lowest BCUT2D eigenvalue weighted by Crippen LogP contribution is -2.07. The normalized spacial score (nSPS) is 14.5. The summed E-state index contributed by atoms with van der Waals surface area (Å²) in [5, 5.41) is 5.37. The molecule has 4 nitrogen and oxygen atoms in total. The van der Waals surface area contributed by atoms with E-state index in [2.05, 4.69) is 34.6 Å². The van der Waals surface area contributed by atoms with Crippen molar-refractivity contribution in [2.24, 2.45) is 5.92 Å². The minimum absolute atomic E-state index is 0.184. The molecule has 0 atom stereocenters. The zero-order chi connectivity index (χ0) is 22.9. The Kier molecular flexibility index (Phi) is 8.61. The van der Waals surface area contributed by atoms with Gasteiger partial charge in [0.05, 0.1) is 12.8 Å². The Labute approximate surface area is 204 Å². The molecule has 0 aliphatic heterocycles. The van der Waals surface area contributed by atoms with Crippen molar-refractivity contribution in [3.05, 3.63) is 65.6 Å². The number of carbonyl (C=O) groups excluding carboxylic acids is 1. The SMILES string of the molecule is COc1ccc(-c2csc(NC(=O)/C=C/c3ccc(SCCC4CCCCC4)cc3)n2)cc1. The Bertz CT molecular complexity index is 1050. The fourth-order valence-electron chi connectivity index (χ4n) is 4.04. The van der Waals surface area contributed by atoms with Crippen LogP contribution >= 0.6 is 23.1 Å². The van der Waals surface area contributed by atoms with Gasteiger partial charge >= 0.3 is 0 Å². The quantitative estimate of drug-likeness (QED) is 0.255. The van der Waals surface area contributed by atoms with Gasteiger partial charge in [-0.05, 0) is 66.1 Å². The molecular formula is C27H30N2O2S2. The first kappa shape index (κ1) is 23.6. The van der Waals surface area contributed by atoms with Crippen molar-refractivity contribution in [2.45, 2.75) is 43.4 Å². The van der Waals surface area contributed by atoms with Crippen LogP contribution in [0.2, 0.25) is 0 Å². The highest BCUT2D eigenvalue weighted by Gasteiger charge is 2.13. The number of nitrogens with one attached hydrogen (secondary N) is 1. The summed E-state index contributed by atoms with van der Waals surface area (Å²) in [7, 11) is 1.64. The van der Waals surface area contributed by atoms with E-state index >= 15 is 0 Å². The molecule has 0 saturated heterocycles. The molecule has 33 heavy (non-hydrogen) atoms. The number of thiazole rings is 1. The molecule has 172 valence electrons. The first-order valence-corrected chi connectivity index (χ1v) is 13.4. The average Bonchev–Trinajstić information content (AvgIpc) is 3.32. The van der Waals surface area contributed by atoms with E-state index in [0.29, 0.717) is 5.13 Å². The third kappa shape index (κ3) is 7.21. The molecule has 1 amide bonds. The summed E-state index contributed by atoms with van der Waals surface area (Å²) < 4.78 is 5.19. The van der Waals surface area contributed by atoms with Crippen molar-refractivity contribution in [2.75, 3.05) is 18.2 Å². The van der Waals surface area contributed by atoms with Crippen molar-refractivity contribution >= 4 is 40.2 Å². The molecule has 1 aromatic heterocycles. The number of amides is 1. The Morgan fingerprint density at radius 1 is 1.12 bits per heavy atom. The number of thioether (sulfide) groups is 1. The monoisotopic (exact) mass is 478 g/mol. The van der Waals surface area contributed by atoms with Gasteiger partial charge in [-0.3, -0.25) is 10.1 Å². The average molecular weight is 479 g/mol. The predicted molar refractivity (Wildman–Crippen MR) is 140 cm³/mol. The number of carbonyl (C=O) groups is 1. The van der Waals surface area contributed by atoms with Crippen LogP contribution in [0.15, 0.2) is 64.9 Å². The molecule has 1 aliphatic rings. The maximum absolute atomic E-state index is 12.3. The summed E-state index contributed by atoms with van der Waals surface area (Å²) in [6.07, 6.45) is 11.8. The minimum atomic E-state index is -0.184. The number of methoxy groups -OCH3 is 1. The third-order valence-corrected chi connectivity index (χ3v) is 7.75. The fraction of sp³-hybridized carbons (Fsp3) is 0.333. The zero-order valence-electron chi connectivity index (χ0n) is 19.0.